The van der Waals surface area contributed by atoms with Crippen LogP contribution in [0.1, 0.15) is 0 Å². The van der Waals surface area contributed by atoms with Crippen LogP contribution in [-0.2, 0) is 4.79 Å². The van der Waals surface area contributed by atoms with Crippen molar-refractivity contribution in [3.63, 3.8) is 0 Å². The molecule has 1 amide bonds. The van der Waals surface area contributed by atoms with Crippen LogP contribution < -0.4 is 10.6 Å². The summed E-state index contributed by atoms with van der Waals surface area (Å²) in [6, 6.07) is 12.5. The fraction of sp³-hybridized carbons (Fsp3) is 0.0714. The highest BCUT2D eigenvalue weighted by molar-refractivity contribution is 9.10. The molecule has 2 rings (SSSR count). The lowest BCUT2D eigenvalue weighted by Gasteiger charge is -2.09. The van der Waals surface area contributed by atoms with Crippen LogP contribution in [0.4, 0.5) is 11.4 Å². The number of halogens is 3. The Morgan fingerprint density at radius 3 is 2.55 bits per heavy atom. The average molecular weight is 374 g/mol. The van der Waals surface area contributed by atoms with Crippen LogP contribution in [0.2, 0.25) is 10.0 Å². The van der Waals surface area contributed by atoms with Crippen molar-refractivity contribution in [3.05, 3.63) is 57.0 Å². The number of carbonyl (C=O) groups is 1. The lowest BCUT2D eigenvalue weighted by molar-refractivity contribution is -0.114. The first-order valence-corrected chi connectivity index (χ1v) is 7.34. The maximum Gasteiger partial charge on any atom is 0.243 e. The van der Waals surface area contributed by atoms with Crippen LogP contribution >= 0.6 is 39.1 Å². The molecule has 0 fully saturated rings. The summed E-state index contributed by atoms with van der Waals surface area (Å²) in [6.45, 7) is 0.138. The Bertz CT molecular complexity index is 634. The van der Waals surface area contributed by atoms with Gasteiger partial charge in [-0.2, -0.15) is 0 Å². The van der Waals surface area contributed by atoms with Gasteiger partial charge in [-0.05, 0) is 46.3 Å². The highest BCUT2D eigenvalue weighted by atomic mass is 79.9. The normalized spacial score (nSPS) is 10.2. The predicted octanol–water partition coefficient (Wildman–Crippen LogP) is 4.81. The summed E-state index contributed by atoms with van der Waals surface area (Å²) in [5.41, 5.74) is 1.40. The molecule has 104 valence electrons. The summed E-state index contributed by atoms with van der Waals surface area (Å²) in [6.07, 6.45) is 0. The molecule has 2 aromatic carbocycles. The second-order valence-corrected chi connectivity index (χ2v) is 5.68. The van der Waals surface area contributed by atoms with Crippen molar-refractivity contribution < 1.29 is 4.79 Å². The first-order valence-electron chi connectivity index (χ1n) is 5.79. The molecule has 0 radical (unpaired) electrons. The molecule has 2 aromatic rings. The summed E-state index contributed by atoms with van der Waals surface area (Å²) in [4.78, 5) is 11.8. The fourth-order valence-corrected chi connectivity index (χ4v) is 2.22. The summed E-state index contributed by atoms with van der Waals surface area (Å²) in [5.74, 6) is -0.177. The highest BCUT2D eigenvalue weighted by Crippen LogP contribution is 2.25. The summed E-state index contributed by atoms with van der Waals surface area (Å²) < 4.78 is 0.774. The van der Waals surface area contributed by atoms with Gasteiger partial charge in [0.15, 0.2) is 0 Å². The minimum absolute atomic E-state index is 0.138. The lowest BCUT2D eigenvalue weighted by atomic mass is 10.3. The first kappa shape index (κ1) is 15.2. The smallest absolute Gasteiger partial charge is 0.243 e. The van der Waals surface area contributed by atoms with Gasteiger partial charge >= 0.3 is 0 Å². The van der Waals surface area contributed by atoms with E-state index in [-0.39, 0.29) is 12.5 Å². The van der Waals surface area contributed by atoms with Crippen molar-refractivity contribution in [2.75, 3.05) is 17.2 Å². The van der Waals surface area contributed by atoms with Gasteiger partial charge in [0.25, 0.3) is 0 Å². The third-order valence-corrected chi connectivity index (χ3v) is 4.06. The summed E-state index contributed by atoms with van der Waals surface area (Å²) in [7, 11) is 0. The molecule has 0 unspecified atom stereocenters. The minimum Gasteiger partial charge on any atom is -0.376 e. The Balaban J connectivity index is 1.92. The van der Waals surface area contributed by atoms with Crippen LogP contribution in [0.3, 0.4) is 0 Å². The largest absolute Gasteiger partial charge is 0.376 e. The molecule has 0 aliphatic heterocycles. The van der Waals surface area contributed by atoms with Gasteiger partial charge in [0.05, 0.1) is 22.3 Å². The Labute approximate surface area is 135 Å². The zero-order valence-electron chi connectivity index (χ0n) is 10.3. The van der Waals surface area contributed by atoms with Crippen LogP contribution in [0, 0.1) is 0 Å². The van der Waals surface area contributed by atoms with Crippen molar-refractivity contribution in [1.82, 2.24) is 0 Å². The molecule has 2 N–H and O–H groups in total. The number of amides is 1. The van der Waals surface area contributed by atoms with E-state index in [1.54, 1.807) is 24.3 Å². The standard InChI is InChI=1S/C14H11BrCl2N2O/c15-10-7-9(5-6-11(10)16)18-8-14(20)19-13-4-2-1-3-12(13)17/h1-7,18H,8H2,(H,19,20). The molecular formula is C14H11BrCl2N2O. The SMILES string of the molecule is O=C(CNc1ccc(Cl)c(Br)c1)Nc1ccccc1Cl. The number of anilines is 2. The molecule has 0 spiro atoms. The van der Waals surface area contributed by atoms with Gasteiger partial charge in [-0.25, -0.2) is 0 Å². The molecule has 0 saturated carbocycles. The van der Waals surface area contributed by atoms with Crippen molar-refractivity contribution in [1.29, 1.82) is 0 Å². The topological polar surface area (TPSA) is 41.1 Å². The van der Waals surface area contributed by atoms with Crippen molar-refractivity contribution in [3.8, 4) is 0 Å². The van der Waals surface area contributed by atoms with Gasteiger partial charge in [-0.1, -0.05) is 35.3 Å². The van der Waals surface area contributed by atoms with Gasteiger partial charge < -0.3 is 10.6 Å². The molecule has 0 saturated heterocycles. The zero-order valence-corrected chi connectivity index (χ0v) is 13.4. The minimum atomic E-state index is -0.177. The fourth-order valence-electron chi connectivity index (χ4n) is 1.55. The number of benzene rings is 2. The quantitative estimate of drug-likeness (QED) is 0.807. The van der Waals surface area contributed by atoms with E-state index in [4.69, 9.17) is 23.2 Å². The van der Waals surface area contributed by atoms with Crippen molar-refractivity contribution >= 4 is 56.4 Å². The number of nitrogens with one attached hydrogen (secondary N) is 2. The maximum absolute atomic E-state index is 11.8. The molecule has 0 bridgehead atoms. The Hall–Kier alpha value is -1.23. The van der Waals surface area contributed by atoms with E-state index in [1.165, 1.54) is 0 Å². The predicted molar refractivity (Wildman–Crippen MR) is 87.7 cm³/mol. The first-order chi connectivity index (χ1) is 9.56. The zero-order chi connectivity index (χ0) is 14.5. The molecule has 3 nitrogen and oxygen atoms in total. The van der Waals surface area contributed by atoms with Crippen LogP contribution in [0.15, 0.2) is 46.9 Å². The van der Waals surface area contributed by atoms with Gasteiger partial charge in [-0.3, -0.25) is 4.79 Å². The number of rotatable bonds is 4. The molecule has 6 heteroatoms. The van der Waals surface area contributed by atoms with E-state index in [0.717, 1.165) is 10.2 Å². The molecule has 0 aliphatic carbocycles. The number of carbonyl (C=O) groups excluding carboxylic acids is 1. The molecule has 20 heavy (non-hydrogen) atoms. The van der Waals surface area contributed by atoms with Gasteiger partial charge in [0, 0.05) is 10.2 Å². The van der Waals surface area contributed by atoms with Gasteiger partial charge in [0.1, 0.15) is 0 Å². The third kappa shape index (κ3) is 4.13. The number of para-hydroxylation sites is 1. The molecule has 0 atom stereocenters. The van der Waals surface area contributed by atoms with E-state index in [0.29, 0.717) is 15.7 Å². The second-order valence-electron chi connectivity index (χ2n) is 4.01. The summed E-state index contributed by atoms with van der Waals surface area (Å²) in [5, 5.41) is 6.87. The van der Waals surface area contributed by atoms with Crippen LogP contribution in [0.25, 0.3) is 0 Å². The maximum atomic E-state index is 11.8. The molecule has 0 aromatic heterocycles. The third-order valence-electron chi connectivity index (χ3n) is 2.52. The van der Waals surface area contributed by atoms with Gasteiger partial charge in [-0.15, -0.1) is 0 Å². The molecule has 0 heterocycles. The molecular weight excluding hydrogens is 363 g/mol. The van der Waals surface area contributed by atoms with E-state index < -0.39 is 0 Å². The number of hydrogen-bond acceptors (Lipinski definition) is 2. The van der Waals surface area contributed by atoms with Crippen LogP contribution in [-0.4, -0.2) is 12.5 Å². The highest BCUT2D eigenvalue weighted by Gasteiger charge is 2.05. The Kier molecular flexibility index (Phi) is 5.29. The number of hydrogen-bond donors (Lipinski definition) is 2. The van der Waals surface area contributed by atoms with E-state index >= 15 is 0 Å². The summed E-state index contributed by atoms with van der Waals surface area (Å²) >= 11 is 15.2. The monoisotopic (exact) mass is 372 g/mol. The Morgan fingerprint density at radius 1 is 1.10 bits per heavy atom. The van der Waals surface area contributed by atoms with Crippen LogP contribution in [0.5, 0.6) is 0 Å². The Morgan fingerprint density at radius 2 is 1.85 bits per heavy atom. The van der Waals surface area contributed by atoms with Crippen molar-refractivity contribution in [2.45, 2.75) is 0 Å². The van der Waals surface area contributed by atoms with E-state index in [2.05, 4.69) is 26.6 Å². The van der Waals surface area contributed by atoms with Crippen molar-refractivity contribution in [2.24, 2.45) is 0 Å². The lowest BCUT2D eigenvalue weighted by Crippen LogP contribution is -2.21. The van der Waals surface area contributed by atoms with E-state index in [1.807, 2.05) is 18.2 Å². The average Bonchev–Trinajstić information content (AvgIpc) is 2.43. The molecule has 0 aliphatic rings. The van der Waals surface area contributed by atoms with Gasteiger partial charge in [0.2, 0.25) is 5.91 Å². The van der Waals surface area contributed by atoms with E-state index in [9.17, 15) is 4.79 Å². The second kappa shape index (κ2) is 6.97.